The first-order chi connectivity index (χ1) is 8.55. The van der Waals surface area contributed by atoms with E-state index in [4.69, 9.17) is 5.26 Å². The lowest BCUT2D eigenvalue weighted by Crippen LogP contribution is -2.50. The molecule has 106 valence electrons. The van der Waals surface area contributed by atoms with E-state index < -0.39 is 5.54 Å². The van der Waals surface area contributed by atoms with Gasteiger partial charge in [0.2, 0.25) is 0 Å². The molecule has 0 aromatic rings. The normalized spacial score (nSPS) is 24.3. The molecule has 1 unspecified atom stereocenters. The van der Waals surface area contributed by atoms with Gasteiger partial charge < -0.3 is 10.0 Å². The third-order valence-electron chi connectivity index (χ3n) is 4.06. The van der Waals surface area contributed by atoms with Crippen molar-refractivity contribution in [2.75, 3.05) is 6.54 Å². The average Bonchev–Trinajstić information content (AvgIpc) is 2.45. The monoisotopic (exact) mass is 264 g/mol. The highest BCUT2D eigenvalue weighted by Gasteiger charge is 2.50. The number of carbonyl (C=O) groups excluding carboxylic acids is 1. The molecule has 1 aliphatic rings. The van der Waals surface area contributed by atoms with Crippen LogP contribution in [0.1, 0.15) is 48.0 Å². The number of nitrogens with zero attached hydrogens (tertiary/aromatic N) is 2. The number of aliphatic hydroxyl groups excluding tert-OH is 1. The van der Waals surface area contributed by atoms with E-state index in [2.05, 4.69) is 20.8 Å². The van der Waals surface area contributed by atoms with Gasteiger partial charge in [-0.1, -0.05) is 34.6 Å². The van der Waals surface area contributed by atoms with Gasteiger partial charge in [-0.15, -0.1) is 0 Å². The Labute approximate surface area is 115 Å². The van der Waals surface area contributed by atoms with E-state index in [1.54, 1.807) is 4.90 Å². The summed E-state index contributed by atoms with van der Waals surface area (Å²) >= 11 is 0. The molecule has 0 saturated heterocycles. The first-order valence-corrected chi connectivity index (χ1v) is 6.71. The van der Waals surface area contributed by atoms with Crippen molar-refractivity contribution in [3.8, 4) is 6.07 Å². The third-order valence-corrected chi connectivity index (χ3v) is 4.06. The minimum absolute atomic E-state index is 0.0438. The quantitative estimate of drug-likeness (QED) is 0.852. The zero-order valence-corrected chi connectivity index (χ0v) is 12.7. The first-order valence-electron chi connectivity index (χ1n) is 6.71. The second kappa shape index (κ2) is 4.88. The molecule has 1 atom stereocenters. The number of rotatable bonds is 3. The zero-order valence-electron chi connectivity index (χ0n) is 12.7. The highest BCUT2D eigenvalue weighted by atomic mass is 16.3. The van der Waals surface area contributed by atoms with E-state index in [1.165, 1.54) is 0 Å². The van der Waals surface area contributed by atoms with Crippen LogP contribution in [0.15, 0.2) is 11.3 Å². The van der Waals surface area contributed by atoms with Crippen LogP contribution in [-0.4, -0.2) is 28.0 Å². The molecule has 0 aromatic heterocycles. The van der Waals surface area contributed by atoms with Gasteiger partial charge in [-0.25, -0.2) is 0 Å². The highest BCUT2D eigenvalue weighted by Crippen LogP contribution is 2.40. The summed E-state index contributed by atoms with van der Waals surface area (Å²) in [5.41, 5.74) is -0.776. The number of aliphatic hydroxyl groups is 1. The molecular weight excluding hydrogens is 240 g/mol. The smallest absolute Gasteiger partial charge is 0.268 e. The van der Waals surface area contributed by atoms with Gasteiger partial charge in [-0.05, 0) is 24.7 Å². The maximum absolute atomic E-state index is 12.3. The Bertz CT molecular complexity index is 452. The molecule has 0 saturated carbocycles. The molecule has 1 heterocycles. The largest absolute Gasteiger partial charge is 0.508 e. The van der Waals surface area contributed by atoms with E-state index in [9.17, 15) is 9.90 Å². The summed E-state index contributed by atoms with van der Waals surface area (Å²) in [7, 11) is 0. The van der Waals surface area contributed by atoms with Gasteiger partial charge >= 0.3 is 0 Å². The van der Waals surface area contributed by atoms with Gasteiger partial charge in [0, 0.05) is 6.54 Å². The Morgan fingerprint density at radius 1 is 1.42 bits per heavy atom. The number of hydrogen-bond donors (Lipinski definition) is 1. The number of carbonyl (C=O) groups is 1. The number of amides is 1. The molecule has 1 N–H and O–H groups in total. The molecule has 0 radical (unpaired) electrons. The molecule has 0 aromatic carbocycles. The van der Waals surface area contributed by atoms with E-state index in [1.807, 2.05) is 26.8 Å². The molecule has 0 spiro atoms. The maximum atomic E-state index is 12.3. The Morgan fingerprint density at radius 3 is 2.32 bits per heavy atom. The number of nitriles is 1. The first kappa shape index (κ1) is 15.6. The van der Waals surface area contributed by atoms with Crippen molar-refractivity contribution < 1.29 is 9.90 Å². The molecule has 19 heavy (non-hydrogen) atoms. The molecule has 0 aliphatic carbocycles. The van der Waals surface area contributed by atoms with Crippen molar-refractivity contribution in [2.45, 2.75) is 53.5 Å². The second-order valence-corrected chi connectivity index (χ2v) is 6.91. The Kier molecular flexibility index (Phi) is 4.00. The van der Waals surface area contributed by atoms with E-state index in [-0.39, 0.29) is 28.6 Å². The molecule has 0 bridgehead atoms. The summed E-state index contributed by atoms with van der Waals surface area (Å²) in [5.74, 6) is -0.383. The van der Waals surface area contributed by atoms with Crippen molar-refractivity contribution in [1.82, 2.24) is 4.90 Å². The molecule has 4 heteroatoms. The van der Waals surface area contributed by atoms with E-state index in [0.717, 1.165) is 6.42 Å². The Balaban J connectivity index is 3.12. The van der Waals surface area contributed by atoms with Crippen LogP contribution in [0.3, 0.4) is 0 Å². The fraction of sp³-hybridized carbons (Fsp3) is 0.733. The minimum Gasteiger partial charge on any atom is -0.508 e. The van der Waals surface area contributed by atoms with Crippen LogP contribution in [0, 0.1) is 22.7 Å². The summed E-state index contributed by atoms with van der Waals surface area (Å²) in [6.45, 7) is 12.6. The van der Waals surface area contributed by atoms with E-state index in [0.29, 0.717) is 6.54 Å². The van der Waals surface area contributed by atoms with E-state index >= 15 is 0 Å². The average molecular weight is 264 g/mol. The van der Waals surface area contributed by atoms with Crippen LogP contribution < -0.4 is 0 Å². The topological polar surface area (TPSA) is 64.3 Å². The highest BCUT2D eigenvalue weighted by molar-refractivity contribution is 6.01. The molecule has 1 amide bonds. The van der Waals surface area contributed by atoms with Crippen LogP contribution in [-0.2, 0) is 4.79 Å². The predicted octanol–water partition coefficient (Wildman–Crippen LogP) is 3.02. The zero-order chi connectivity index (χ0) is 15.0. The predicted molar refractivity (Wildman–Crippen MR) is 74.3 cm³/mol. The van der Waals surface area contributed by atoms with Gasteiger partial charge in [0.15, 0.2) is 5.57 Å². The Morgan fingerprint density at radius 2 is 1.95 bits per heavy atom. The minimum atomic E-state index is -0.770. The maximum Gasteiger partial charge on any atom is 0.268 e. The lowest BCUT2D eigenvalue weighted by atomic mass is 9.85. The molecule has 4 nitrogen and oxygen atoms in total. The van der Waals surface area contributed by atoms with Gasteiger partial charge in [0.1, 0.15) is 17.4 Å². The second-order valence-electron chi connectivity index (χ2n) is 6.91. The molecule has 1 aliphatic heterocycles. The van der Waals surface area contributed by atoms with Gasteiger partial charge in [-0.2, -0.15) is 5.26 Å². The summed E-state index contributed by atoms with van der Waals surface area (Å²) in [4.78, 5) is 13.9. The summed E-state index contributed by atoms with van der Waals surface area (Å²) in [5, 5.41) is 19.3. The SMILES string of the molecule is CC(C)C1(C)C(O)=C(C#N)C(=O)N1CCC(C)(C)C. The molecule has 1 rings (SSSR count). The third kappa shape index (κ3) is 2.60. The molecular formula is C15H24N2O2. The summed E-state index contributed by atoms with van der Waals surface area (Å²) in [6.07, 6.45) is 0.826. The summed E-state index contributed by atoms with van der Waals surface area (Å²) in [6, 6.07) is 1.84. The van der Waals surface area contributed by atoms with Crippen LogP contribution in [0.25, 0.3) is 0 Å². The van der Waals surface area contributed by atoms with Crippen molar-refractivity contribution in [3.05, 3.63) is 11.3 Å². The standard InChI is InChI=1S/C15H24N2O2/c1-10(2)15(6)12(18)11(9-16)13(19)17(15)8-7-14(3,4)5/h10,18H,7-8H2,1-6H3. The lowest BCUT2D eigenvalue weighted by molar-refractivity contribution is -0.131. The van der Waals surface area contributed by atoms with Crippen molar-refractivity contribution in [3.63, 3.8) is 0 Å². The van der Waals surface area contributed by atoms with Crippen LogP contribution >= 0.6 is 0 Å². The van der Waals surface area contributed by atoms with Crippen LogP contribution in [0.2, 0.25) is 0 Å². The fourth-order valence-electron chi connectivity index (χ4n) is 2.29. The van der Waals surface area contributed by atoms with Crippen LogP contribution in [0.4, 0.5) is 0 Å². The lowest BCUT2D eigenvalue weighted by Gasteiger charge is -2.40. The van der Waals surface area contributed by atoms with Gasteiger partial charge in [-0.3, -0.25) is 4.79 Å². The Hall–Kier alpha value is -1.50. The molecule has 0 fully saturated rings. The summed E-state index contributed by atoms with van der Waals surface area (Å²) < 4.78 is 0. The van der Waals surface area contributed by atoms with Crippen LogP contribution in [0.5, 0.6) is 0 Å². The van der Waals surface area contributed by atoms with Crippen molar-refractivity contribution in [1.29, 1.82) is 5.26 Å². The fourth-order valence-corrected chi connectivity index (χ4v) is 2.29. The van der Waals surface area contributed by atoms with Gasteiger partial charge in [0.25, 0.3) is 5.91 Å². The van der Waals surface area contributed by atoms with Crippen molar-refractivity contribution in [2.24, 2.45) is 11.3 Å². The van der Waals surface area contributed by atoms with Crippen molar-refractivity contribution >= 4 is 5.91 Å². The van der Waals surface area contributed by atoms with Gasteiger partial charge in [0.05, 0.1) is 0 Å². The number of hydrogen-bond acceptors (Lipinski definition) is 3.